The molecule has 2 aliphatic carbocycles. The van der Waals surface area contributed by atoms with Crippen LogP contribution in [0.5, 0.6) is 0 Å². The Morgan fingerprint density at radius 2 is 1.88 bits per heavy atom. The first-order valence-electron chi connectivity index (χ1n) is 14.0. The van der Waals surface area contributed by atoms with Crippen LogP contribution >= 0.6 is 0 Å². The van der Waals surface area contributed by atoms with Crippen molar-refractivity contribution in [1.82, 2.24) is 14.5 Å². The minimum absolute atomic E-state index is 0.00275. The zero-order valence-corrected chi connectivity index (χ0v) is 22.7. The van der Waals surface area contributed by atoms with Crippen LogP contribution in [0.4, 0.5) is 4.39 Å². The molecule has 2 atom stereocenters. The average molecular weight is 535 g/mol. The molecule has 3 aliphatic rings. The van der Waals surface area contributed by atoms with Gasteiger partial charge in [0, 0.05) is 31.1 Å². The predicted molar refractivity (Wildman–Crippen MR) is 152 cm³/mol. The summed E-state index contributed by atoms with van der Waals surface area (Å²) in [7, 11) is 1.89. The lowest BCUT2D eigenvalue weighted by atomic mass is 9.92. The molecule has 3 aromatic carbocycles. The number of nitrogens with zero attached hydrogens (tertiary/aromatic N) is 3. The SMILES string of the molecule is C[C@@H]1c2ccccc2CCN1C(=O)c1cc(C2CC2)c2nc(-c3ccc(C4CC4=CC(N)=O)cc3F)n(C)c2c1. The van der Waals surface area contributed by atoms with Crippen LogP contribution in [0.25, 0.3) is 22.4 Å². The van der Waals surface area contributed by atoms with Crippen LogP contribution in [-0.2, 0) is 18.3 Å². The molecule has 2 saturated carbocycles. The highest BCUT2D eigenvalue weighted by molar-refractivity contribution is 5.99. The number of allylic oxidation sites excluding steroid dienone is 1. The number of aryl methyl sites for hydroxylation is 1. The van der Waals surface area contributed by atoms with Crippen LogP contribution in [0.1, 0.15) is 76.7 Å². The lowest BCUT2D eigenvalue weighted by Gasteiger charge is -2.35. The quantitative estimate of drug-likeness (QED) is 0.323. The lowest BCUT2D eigenvalue weighted by molar-refractivity contribution is -0.113. The number of halogens is 1. The van der Waals surface area contributed by atoms with Crippen LogP contribution in [0, 0.1) is 5.82 Å². The van der Waals surface area contributed by atoms with Crippen molar-refractivity contribution >= 4 is 22.8 Å². The Labute approximate surface area is 232 Å². The Kier molecular flexibility index (Phi) is 5.66. The van der Waals surface area contributed by atoms with Crippen LogP contribution in [0.15, 0.2) is 66.2 Å². The minimum Gasteiger partial charge on any atom is -0.366 e. The van der Waals surface area contributed by atoms with E-state index in [0.29, 0.717) is 29.4 Å². The number of imidazole rings is 1. The fourth-order valence-electron chi connectivity index (χ4n) is 6.38. The predicted octanol–water partition coefficient (Wildman–Crippen LogP) is 5.92. The molecular weight excluding hydrogens is 503 g/mol. The van der Waals surface area contributed by atoms with Gasteiger partial charge in [-0.3, -0.25) is 9.59 Å². The van der Waals surface area contributed by atoms with Gasteiger partial charge < -0.3 is 15.2 Å². The van der Waals surface area contributed by atoms with E-state index < -0.39 is 5.91 Å². The summed E-state index contributed by atoms with van der Waals surface area (Å²) in [4.78, 5) is 32.0. The Balaban J connectivity index is 1.26. The first kappa shape index (κ1) is 24.8. The monoisotopic (exact) mass is 534 g/mol. The topological polar surface area (TPSA) is 81.2 Å². The molecule has 1 aromatic heterocycles. The third-order valence-electron chi connectivity index (χ3n) is 8.83. The molecular formula is C33H31FN4O2. The van der Waals surface area contributed by atoms with Crippen molar-refractivity contribution < 1.29 is 14.0 Å². The molecule has 1 aliphatic heterocycles. The Bertz CT molecular complexity index is 1750. The van der Waals surface area contributed by atoms with Crippen molar-refractivity contribution in [2.45, 2.75) is 50.5 Å². The molecule has 7 heteroatoms. The van der Waals surface area contributed by atoms with E-state index in [2.05, 4.69) is 25.1 Å². The van der Waals surface area contributed by atoms with Gasteiger partial charge in [-0.1, -0.05) is 35.9 Å². The second-order valence-corrected chi connectivity index (χ2v) is 11.4. The highest BCUT2D eigenvalue weighted by Gasteiger charge is 2.34. The van der Waals surface area contributed by atoms with Crippen molar-refractivity contribution in [1.29, 1.82) is 0 Å². The number of rotatable bonds is 5. The first-order chi connectivity index (χ1) is 19.3. The van der Waals surface area contributed by atoms with Crippen molar-refractivity contribution in [2.24, 2.45) is 12.8 Å². The summed E-state index contributed by atoms with van der Waals surface area (Å²) >= 11 is 0. The fourth-order valence-corrected chi connectivity index (χ4v) is 6.38. The van der Waals surface area contributed by atoms with E-state index >= 15 is 4.39 Å². The molecule has 0 spiro atoms. The number of carbonyl (C=O) groups is 2. The van der Waals surface area contributed by atoms with Gasteiger partial charge in [0.2, 0.25) is 5.91 Å². The minimum atomic E-state index is -0.474. The molecule has 1 unspecified atom stereocenters. The molecule has 7 rings (SSSR count). The van der Waals surface area contributed by atoms with Crippen LogP contribution in [-0.4, -0.2) is 32.8 Å². The molecule has 2 heterocycles. The number of hydrogen-bond donors (Lipinski definition) is 1. The average Bonchev–Trinajstić information content (AvgIpc) is 3.87. The van der Waals surface area contributed by atoms with Crippen LogP contribution in [0.3, 0.4) is 0 Å². The van der Waals surface area contributed by atoms with Crippen LogP contribution in [0.2, 0.25) is 0 Å². The van der Waals surface area contributed by atoms with Gasteiger partial charge in [-0.05, 0) is 85.0 Å². The van der Waals surface area contributed by atoms with Gasteiger partial charge in [0.15, 0.2) is 0 Å². The zero-order chi connectivity index (χ0) is 27.7. The number of hydrogen-bond acceptors (Lipinski definition) is 3. The molecule has 0 radical (unpaired) electrons. The third kappa shape index (κ3) is 4.12. The molecule has 202 valence electrons. The van der Waals surface area contributed by atoms with Gasteiger partial charge >= 0.3 is 0 Å². The highest BCUT2D eigenvalue weighted by Crippen LogP contribution is 2.48. The maximum absolute atomic E-state index is 15.5. The van der Waals surface area contributed by atoms with E-state index in [1.54, 1.807) is 6.07 Å². The van der Waals surface area contributed by atoms with Crippen LogP contribution < -0.4 is 5.73 Å². The Morgan fingerprint density at radius 3 is 2.62 bits per heavy atom. The van der Waals surface area contributed by atoms with Crippen molar-refractivity contribution in [3.05, 3.63) is 99.9 Å². The number of nitrogens with two attached hydrogens (primary N) is 1. The largest absolute Gasteiger partial charge is 0.366 e. The Morgan fingerprint density at radius 1 is 1.07 bits per heavy atom. The summed E-state index contributed by atoms with van der Waals surface area (Å²) < 4.78 is 17.4. The molecule has 6 nitrogen and oxygen atoms in total. The van der Waals surface area contributed by atoms with E-state index in [-0.39, 0.29) is 23.7 Å². The molecule has 4 aromatic rings. The van der Waals surface area contributed by atoms with E-state index in [4.69, 9.17) is 10.7 Å². The molecule has 0 saturated heterocycles. The standard InChI is InChI=1S/C33H31FN4O2/c1-18-24-6-4-3-5-19(24)11-12-38(18)33(40)23-14-27(20-7-8-20)31-29(16-23)37(2)32(36-31)25-10-9-21(15-28(25)34)26-13-22(26)17-30(35)39/h3-6,9-10,14-18,20,26H,7-8,11-13H2,1-2H3,(H2,35,39)/t18-,26?/m1/s1. The summed E-state index contributed by atoms with van der Waals surface area (Å²) in [5.74, 6) is 0.137. The zero-order valence-electron chi connectivity index (χ0n) is 22.7. The number of benzene rings is 3. The maximum atomic E-state index is 15.5. The smallest absolute Gasteiger partial charge is 0.254 e. The number of amides is 2. The maximum Gasteiger partial charge on any atom is 0.254 e. The summed E-state index contributed by atoms with van der Waals surface area (Å²) in [5.41, 5.74) is 13.4. The molecule has 2 amide bonds. The van der Waals surface area contributed by atoms with Crippen molar-refractivity contribution in [3.8, 4) is 11.4 Å². The molecule has 2 fully saturated rings. The van der Waals surface area contributed by atoms with E-state index in [9.17, 15) is 9.59 Å². The number of fused-ring (bicyclic) bond motifs is 2. The van der Waals surface area contributed by atoms with Gasteiger partial charge in [0.05, 0.1) is 22.6 Å². The van der Waals surface area contributed by atoms with Crippen molar-refractivity contribution in [3.63, 3.8) is 0 Å². The number of aromatic nitrogens is 2. The van der Waals surface area contributed by atoms with E-state index in [1.165, 1.54) is 23.3 Å². The van der Waals surface area contributed by atoms with E-state index in [1.807, 2.05) is 40.8 Å². The summed E-state index contributed by atoms with van der Waals surface area (Å²) in [6.07, 6.45) is 5.13. The number of primary amides is 1. The molecule has 40 heavy (non-hydrogen) atoms. The third-order valence-corrected chi connectivity index (χ3v) is 8.83. The second-order valence-electron chi connectivity index (χ2n) is 11.4. The summed E-state index contributed by atoms with van der Waals surface area (Å²) in [6, 6.07) is 17.5. The van der Waals surface area contributed by atoms with Gasteiger partial charge in [-0.15, -0.1) is 0 Å². The van der Waals surface area contributed by atoms with Gasteiger partial charge in [-0.25, -0.2) is 9.37 Å². The Hall–Kier alpha value is -4.26. The van der Waals surface area contributed by atoms with Crippen molar-refractivity contribution in [2.75, 3.05) is 6.54 Å². The summed E-state index contributed by atoms with van der Waals surface area (Å²) in [6.45, 7) is 2.78. The van der Waals surface area contributed by atoms with Gasteiger partial charge in [0.1, 0.15) is 11.6 Å². The molecule has 2 N–H and O–H groups in total. The van der Waals surface area contributed by atoms with E-state index in [0.717, 1.165) is 53.4 Å². The fraction of sp³-hybridized carbons (Fsp3) is 0.303. The summed E-state index contributed by atoms with van der Waals surface area (Å²) in [5, 5.41) is 0. The van der Waals surface area contributed by atoms with Gasteiger partial charge in [0.25, 0.3) is 5.91 Å². The normalized spacial score (nSPS) is 21.1. The first-order valence-corrected chi connectivity index (χ1v) is 14.0. The second kappa shape index (κ2) is 9.15. The highest BCUT2D eigenvalue weighted by atomic mass is 19.1. The van der Waals surface area contributed by atoms with Gasteiger partial charge in [-0.2, -0.15) is 0 Å². The number of carbonyl (C=O) groups excluding carboxylic acids is 2. The lowest BCUT2D eigenvalue weighted by Crippen LogP contribution is -2.38. The molecule has 0 bridgehead atoms.